The van der Waals surface area contributed by atoms with E-state index >= 15 is 0 Å². The average Bonchev–Trinajstić information content (AvgIpc) is 2.22. The number of benzene rings is 1. The SMILES string of the molecule is C=C(C)CN(C)S(=O)(=O)c1cc(N)cc(F)c1C. The quantitative estimate of drug-likeness (QED) is 0.672. The van der Waals surface area contributed by atoms with Crippen LogP contribution in [0, 0.1) is 12.7 Å². The predicted molar refractivity (Wildman–Crippen MR) is 70.2 cm³/mol. The van der Waals surface area contributed by atoms with Gasteiger partial charge in [0.15, 0.2) is 0 Å². The molecule has 0 saturated heterocycles. The van der Waals surface area contributed by atoms with E-state index in [-0.39, 0.29) is 22.7 Å². The molecule has 4 nitrogen and oxygen atoms in total. The molecule has 0 aliphatic heterocycles. The number of nitrogens with zero attached hydrogens (tertiary/aromatic N) is 1. The molecule has 0 heterocycles. The van der Waals surface area contributed by atoms with Gasteiger partial charge in [-0.15, -0.1) is 0 Å². The smallest absolute Gasteiger partial charge is 0.243 e. The fraction of sp³-hybridized carbons (Fsp3) is 0.333. The summed E-state index contributed by atoms with van der Waals surface area (Å²) in [6.07, 6.45) is 0. The molecule has 1 rings (SSSR count). The maximum atomic E-state index is 13.5. The van der Waals surface area contributed by atoms with Crippen LogP contribution in [0.2, 0.25) is 0 Å². The van der Waals surface area contributed by atoms with Crippen LogP contribution in [-0.4, -0.2) is 26.3 Å². The Labute approximate surface area is 107 Å². The van der Waals surface area contributed by atoms with Gasteiger partial charge in [-0.1, -0.05) is 12.2 Å². The van der Waals surface area contributed by atoms with Gasteiger partial charge in [-0.05, 0) is 26.0 Å². The van der Waals surface area contributed by atoms with Gasteiger partial charge in [0.1, 0.15) is 5.82 Å². The first-order valence-corrected chi connectivity index (χ1v) is 6.76. The Hall–Kier alpha value is -1.40. The van der Waals surface area contributed by atoms with Crippen molar-refractivity contribution in [1.82, 2.24) is 4.31 Å². The van der Waals surface area contributed by atoms with Crippen LogP contribution in [0.5, 0.6) is 0 Å². The highest BCUT2D eigenvalue weighted by atomic mass is 32.2. The van der Waals surface area contributed by atoms with Crippen molar-refractivity contribution in [3.63, 3.8) is 0 Å². The van der Waals surface area contributed by atoms with Gasteiger partial charge in [-0.3, -0.25) is 0 Å². The van der Waals surface area contributed by atoms with Gasteiger partial charge in [0, 0.05) is 24.8 Å². The summed E-state index contributed by atoms with van der Waals surface area (Å²) in [5.41, 5.74) is 6.33. The molecule has 1 aromatic carbocycles. The van der Waals surface area contributed by atoms with E-state index in [4.69, 9.17) is 5.73 Å². The first-order chi connectivity index (χ1) is 8.16. The first-order valence-electron chi connectivity index (χ1n) is 5.32. The van der Waals surface area contributed by atoms with Crippen LogP contribution in [0.4, 0.5) is 10.1 Å². The van der Waals surface area contributed by atoms with Gasteiger partial charge in [-0.25, -0.2) is 12.8 Å². The van der Waals surface area contributed by atoms with Crippen LogP contribution in [0.1, 0.15) is 12.5 Å². The number of halogens is 1. The zero-order valence-corrected chi connectivity index (χ0v) is 11.5. The molecular formula is C12H17FN2O2S. The van der Waals surface area contributed by atoms with Crippen LogP contribution in [-0.2, 0) is 10.0 Å². The van der Waals surface area contributed by atoms with E-state index < -0.39 is 15.8 Å². The molecule has 0 unspecified atom stereocenters. The van der Waals surface area contributed by atoms with Gasteiger partial charge in [0.2, 0.25) is 10.0 Å². The monoisotopic (exact) mass is 272 g/mol. The van der Waals surface area contributed by atoms with Crippen LogP contribution >= 0.6 is 0 Å². The lowest BCUT2D eigenvalue weighted by Gasteiger charge is -2.19. The van der Waals surface area contributed by atoms with E-state index in [0.29, 0.717) is 5.57 Å². The zero-order chi connectivity index (χ0) is 14.1. The fourth-order valence-electron chi connectivity index (χ4n) is 1.57. The average molecular weight is 272 g/mol. The molecule has 6 heteroatoms. The second-order valence-electron chi connectivity index (χ2n) is 4.34. The molecule has 0 amide bonds. The Morgan fingerprint density at radius 3 is 2.56 bits per heavy atom. The van der Waals surface area contributed by atoms with Crippen molar-refractivity contribution in [2.45, 2.75) is 18.7 Å². The highest BCUT2D eigenvalue weighted by Gasteiger charge is 2.24. The Morgan fingerprint density at radius 1 is 1.50 bits per heavy atom. The zero-order valence-electron chi connectivity index (χ0n) is 10.7. The summed E-state index contributed by atoms with van der Waals surface area (Å²) in [4.78, 5) is -0.108. The van der Waals surface area contributed by atoms with E-state index in [9.17, 15) is 12.8 Å². The molecule has 0 aliphatic rings. The lowest BCUT2D eigenvalue weighted by molar-refractivity contribution is 0.491. The molecule has 0 radical (unpaired) electrons. The maximum absolute atomic E-state index is 13.5. The lowest BCUT2D eigenvalue weighted by atomic mass is 10.2. The van der Waals surface area contributed by atoms with Crippen molar-refractivity contribution in [2.24, 2.45) is 0 Å². The third kappa shape index (κ3) is 2.88. The molecule has 100 valence electrons. The molecule has 1 aromatic rings. The number of hydrogen-bond acceptors (Lipinski definition) is 3. The Bertz CT molecular complexity index is 582. The fourth-order valence-corrected chi connectivity index (χ4v) is 3.07. The summed E-state index contributed by atoms with van der Waals surface area (Å²) in [5.74, 6) is -0.627. The second-order valence-corrected chi connectivity index (χ2v) is 6.36. The van der Waals surface area contributed by atoms with E-state index in [1.54, 1.807) is 6.92 Å². The molecule has 0 atom stereocenters. The van der Waals surface area contributed by atoms with E-state index in [0.717, 1.165) is 10.4 Å². The molecule has 0 spiro atoms. The minimum Gasteiger partial charge on any atom is -0.399 e. The van der Waals surface area contributed by atoms with Crippen LogP contribution in [0.15, 0.2) is 29.2 Å². The molecular weight excluding hydrogens is 255 g/mol. The van der Waals surface area contributed by atoms with Gasteiger partial charge >= 0.3 is 0 Å². The van der Waals surface area contributed by atoms with Crippen molar-refractivity contribution in [1.29, 1.82) is 0 Å². The van der Waals surface area contributed by atoms with Crippen molar-refractivity contribution in [3.8, 4) is 0 Å². The van der Waals surface area contributed by atoms with Crippen LogP contribution in [0.25, 0.3) is 0 Å². The number of nitrogens with two attached hydrogens (primary N) is 1. The molecule has 0 fully saturated rings. The number of sulfonamides is 1. The maximum Gasteiger partial charge on any atom is 0.243 e. The Morgan fingerprint density at radius 2 is 2.06 bits per heavy atom. The minimum absolute atomic E-state index is 0.0674. The second kappa shape index (κ2) is 5.07. The summed E-state index contributed by atoms with van der Waals surface area (Å²) in [6.45, 7) is 6.97. The Balaban J connectivity index is 3.33. The Kier molecular flexibility index (Phi) is 4.13. The van der Waals surface area contributed by atoms with Crippen molar-refractivity contribution >= 4 is 15.7 Å². The van der Waals surface area contributed by atoms with E-state index in [1.807, 2.05) is 0 Å². The molecule has 0 aromatic heterocycles. The highest BCUT2D eigenvalue weighted by molar-refractivity contribution is 7.89. The minimum atomic E-state index is -3.76. The summed E-state index contributed by atoms with van der Waals surface area (Å²) in [5, 5.41) is 0. The van der Waals surface area contributed by atoms with Gasteiger partial charge in [-0.2, -0.15) is 4.31 Å². The van der Waals surface area contributed by atoms with Crippen LogP contribution < -0.4 is 5.73 Å². The van der Waals surface area contributed by atoms with E-state index in [1.165, 1.54) is 20.0 Å². The van der Waals surface area contributed by atoms with Crippen molar-refractivity contribution < 1.29 is 12.8 Å². The molecule has 0 aliphatic carbocycles. The summed E-state index contributed by atoms with van der Waals surface area (Å²) < 4.78 is 39.1. The number of likely N-dealkylation sites (N-methyl/N-ethyl adjacent to an activating group) is 1. The normalized spacial score (nSPS) is 11.8. The number of hydrogen-bond donors (Lipinski definition) is 1. The largest absolute Gasteiger partial charge is 0.399 e. The summed E-state index contributed by atoms with van der Waals surface area (Å²) >= 11 is 0. The first kappa shape index (κ1) is 14.7. The van der Waals surface area contributed by atoms with Gasteiger partial charge in [0.05, 0.1) is 4.90 Å². The molecule has 0 bridgehead atoms. The highest BCUT2D eigenvalue weighted by Crippen LogP contribution is 2.24. The van der Waals surface area contributed by atoms with Crippen molar-refractivity contribution in [2.75, 3.05) is 19.3 Å². The van der Waals surface area contributed by atoms with Crippen LogP contribution in [0.3, 0.4) is 0 Å². The lowest BCUT2D eigenvalue weighted by Crippen LogP contribution is -2.29. The molecule has 2 N–H and O–H groups in total. The summed E-state index contributed by atoms with van der Waals surface area (Å²) in [6, 6.07) is 2.37. The topological polar surface area (TPSA) is 63.4 Å². The third-order valence-corrected chi connectivity index (χ3v) is 4.43. The summed E-state index contributed by atoms with van der Waals surface area (Å²) in [7, 11) is -2.34. The molecule has 18 heavy (non-hydrogen) atoms. The number of rotatable bonds is 4. The number of nitrogen functional groups attached to an aromatic ring is 1. The predicted octanol–water partition coefficient (Wildman–Crippen LogP) is 1.91. The third-order valence-electron chi connectivity index (χ3n) is 2.50. The van der Waals surface area contributed by atoms with E-state index in [2.05, 4.69) is 6.58 Å². The standard InChI is InChI=1S/C12H17FN2O2S/c1-8(2)7-15(4)18(16,17)12-6-10(14)5-11(13)9(12)3/h5-6H,1,7,14H2,2-4H3. The van der Waals surface area contributed by atoms with Crippen molar-refractivity contribution in [3.05, 3.63) is 35.7 Å². The van der Waals surface area contributed by atoms with Gasteiger partial charge < -0.3 is 5.73 Å². The molecule has 0 saturated carbocycles. The van der Waals surface area contributed by atoms with Gasteiger partial charge in [0.25, 0.3) is 0 Å². The number of anilines is 1.